The summed E-state index contributed by atoms with van der Waals surface area (Å²) in [6.07, 6.45) is 0. The van der Waals surface area contributed by atoms with Gasteiger partial charge in [-0.05, 0) is 37.6 Å². The number of Topliss-reactive ketones (excluding diaryl/α,β-unsaturated/α-hetero) is 1. The van der Waals surface area contributed by atoms with Crippen LogP contribution in [0.1, 0.15) is 21.5 Å². The van der Waals surface area contributed by atoms with Crippen molar-refractivity contribution in [2.75, 3.05) is 12.9 Å². The molecule has 0 saturated heterocycles. The first-order chi connectivity index (χ1) is 10.0. The van der Waals surface area contributed by atoms with Crippen LogP contribution in [0.3, 0.4) is 0 Å². The zero-order valence-corrected chi connectivity index (χ0v) is 13.2. The van der Waals surface area contributed by atoms with E-state index in [4.69, 9.17) is 4.74 Å². The molecule has 3 nitrogen and oxygen atoms in total. The Morgan fingerprint density at radius 2 is 1.90 bits per heavy atom. The van der Waals surface area contributed by atoms with Crippen LogP contribution in [0.25, 0.3) is 0 Å². The molecule has 0 amide bonds. The van der Waals surface area contributed by atoms with Gasteiger partial charge < -0.3 is 4.74 Å². The third-order valence-electron chi connectivity index (χ3n) is 3.23. The van der Waals surface area contributed by atoms with Gasteiger partial charge in [0.2, 0.25) is 0 Å². The highest BCUT2D eigenvalue weighted by molar-refractivity contribution is 7.85. The lowest BCUT2D eigenvalue weighted by Crippen LogP contribution is -2.12. The molecule has 21 heavy (non-hydrogen) atoms. The summed E-state index contributed by atoms with van der Waals surface area (Å²) in [7, 11) is 0.220. The van der Waals surface area contributed by atoms with E-state index in [-0.39, 0.29) is 11.5 Å². The molecular formula is C17H18O3S. The van der Waals surface area contributed by atoms with E-state index in [1.807, 2.05) is 32.0 Å². The minimum absolute atomic E-state index is 0.0168. The largest absolute Gasteiger partial charge is 0.497 e. The van der Waals surface area contributed by atoms with Crippen molar-refractivity contribution in [2.24, 2.45) is 0 Å². The highest BCUT2D eigenvalue weighted by Crippen LogP contribution is 2.17. The van der Waals surface area contributed by atoms with Crippen molar-refractivity contribution in [1.82, 2.24) is 0 Å². The van der Waals surface area contributed by atoms with Crippen LogP contribution >= 0.6 is 0 Å². The maximum absolute atomic E-state index is 12.4. The molecule has 0 aliphatic heterocycles. The molecule has 0 N–H and O–H groups in total. The van der Waals surface area contributed by atoms with Crippen molar-refractivity contribution in [3.8, 4) is 5.75 Å². The van der Waals surface area contributed by atoms with Crippen molar-refractivity contribution in [1.29, 1.82) is 0 Å². The smallest absolute Gasteiger partial charge is 0.175 e. The molecule has 0 aliphatic rings. The zero-order chi connectivity index (χ0) is 15.4. The van der Waals surface area contributed by atoms with E-state index in [2.05, 4.69) is 0 Å². The number of carbonyl (C=O) groups excluding carboxylic acids is 1. The van der Waals surface area contributed by atoms with E-state index >= 15 is 0 Å². The van der Waals surface area contributed by atoms with Gasteiger partial charge in [0.25, 0.3) is 0 Å². The van der Waals surface area contributed by atoms with Gasteiger partial charge >= 0.3 is 0 Å². The Labute approximate surface area is 127 Å². The number of aryl methyl sites for hydroxylation is 2. The van der Waals surface area contributed by atoms with Gasteiger partial charge in [-0.2, -0.15) is 0 Å². The summed E-state index contributed by atoms with van der Waals surface area (Å²) in [5.74, 6) is 0.460. The molecule has 110 valence electrons. The second-order valence-corrected chi connectivity index (χ2v) is 6.33. The Kier molecular flexibility index (Phi) is 4.91. The molecule has 0 heterocycles. The third kappa shape index (κ3) is 3.79. The molecule has 0 aliphatic carbocycles. The molecule has 4 heteroatoms. The van der Waals surface area contributed by atoms with Crippen molar-refractivity contribution in [3.63, 3.8) is 0 Å². The predicted octanol–water partition coefficient (Wildman–Crippen LogP) is 3.30. The molecule has 0 fully saturated rings. The number of benzene rings is 2. The summed E-state index contributed by atoms with van der Waals surface area (Å²) < 4.78 is 17.5. The van der Waals surface area contributed by atoms with Gasteiger partial charge in [0.05, 0.1) is 23.7 Å². The van der Waals surface area contributed by atoms with E-state index in [1.165, 1.54) is 0 Å². The molecule has 1 atom stereocenters. The van der Waals surface area contributed by atoms with Gasteiger partial charge in [0.1, 0.15) is 5.75 Å². The summed E-state index contributed by atoms with van der Waals surface area (Å²) in [5.41, 5.74) is 2.59. The first-order valence-electron chi connectivity index (χ1n) is 6.64. The Morgan fingerprint density at radius 1 is 1.14 bits per heavy atom. The summed E-state index contributed by atoms with van der Waals surface area (Å²) in [5, 5.41) is 0. The molecule has 2 aromatic rings. The van der Waals surface area contributed by atoms with E-state index in [0.717, 1.165) is 16.0 Å². The number of hydrogen-bond donors (Lipinski definition) is 0. The number of hydrogen-bond acceptors (Lipinski definition) is 3. The molecule has 2 aromatic carbocycles. The second-order valence-electron chi connectivity index (χ2n) is 4.91. The maximum Gasteiger partial charge on any atom is 0.175 e. The maximum atomic E-state index is 12.4. The van der Waals surface area contributed by atoms with E-state index in [1.54, 1.807) is 31.4 Å². The summed E-state index contributed by atoms with van der Waals surface area (Å²) in [6, 6.07) is 12.6. The van der Waals surface area contributed by atoms with E-state index in [9.17, 15) is 9.00 Å². The molecule has 0 spiro atoms. The van der Waals surface area contributed by atoms with Crippen molar-refractivity contribution in [3.05, 3.63) is 59.2 Å². The Hall–Kier alpha value is -1.94. The van der Waals surface area contributed by atoms with Crippen LogP contribution in [0.5, 0.6) is 5.75 Å². The number of ketones is 1. The Bertz CT molecular complexity index is 692. The summed E-state index contributed by atoms with van der Waals surface area (Å²) >= 11 is 0. The Morgan fingerprint density at radius 3 is 2.57 bits per heavy atom. The van der Waals surface area contributed by atoms with Gasteiger partial charge in [0.15, 0.2) is 5.78 Å². The molecule has 1 unspecified atom stereocenters. The molecular weight excluding hydrogens is 284 g/mol. The number of ether oxygens (including phenoxy) is 1. The first kappa shape index (κ1) is 15.4. The van der Waals surface area contributed by atoms with Gasteiger partial charge in [-0.1, -0.05) is 29.8 Å². The molecule has 0 bridgehead atoms. The molecule has 0 radical (unpaired) electrons. The van der Waals surface area contributed by atoms with E-state index in [0.29, 0.717) is 11.3 Å². The minimum atomic E-state index is -1.33. The third-order valence-corrected chi connectivity index (χ3v) is 4.70. The lowest BCUT2D eigenvalue weighted by atomic mass is 10.1. The topological polar surface area (TPSA) is 43.4 Å². The minimum Gasteiger partial charge on any atom is -0.497 e. The van der Waals surface area contributed by atoms with Gasteiger partial charge in [0, 0.05) is 10.5 Å². The normalized spacial score (nSPS) is 12.0. The van der Waals surface area contributed by atoms with Crippen LogP contribution in [0, 0.1) is 13.8 Å². The first-order valence-corrected chi connectivity index (χ1v) is 7.96. The standard InChI is InChI=1S/C17H18O3S/c1-12-7-8-17(13(2)9-12)21(19)11-16(18)14-5-4-6-15(10-14)20-3/h4-10H,11H2,1-3H3. The summed E-state index contributed by atoms with van der Waals surface area (Å²) in [6.45, 7) is 3.90. The van der Waals surface area contributed by atoms with Crippen LogP contribution in [0.4, 0.5) is 0 Å². The van der Waals surface area contributed by atoms with Crippen molar-refractivity contribution < 1.29 is 13.7 Å². The molecule has 0 saturated carbocycles. The number of rotatable bonds is 5. The lowest BCUT2D eigenvalue weighted by molar-refractivity contribution is 0.102. The van der Waals surface area contributed by atoms with Crippen LogP contribution in [0.2, 0.25) is 0 Å². The van der Waals surface area contributed by atoms with Crippen molar-refractivity contribution >= 4 is 16.6 Å². The van der Waals surface area contributed by atoms with Crippen LogP contribution in [-0.2, 0) is 10.8 Å². The fraction of sp³-hybridized carbons (Fsp3) is 0.235. The zero-order valence-electron chi connectivity index (χ0n) is 12.4. The van der Waals surface area contributed by atoms with Gasteiger partial charge in [-0.15, -0.1) is 0 Å². The van der Waals surface area contributed by atoms with E-state index < -0.39 is 10.8 Å². The highest BCUT2D eigenvalue weighted by atomic mass is 32.2. The van der Waals surface area contributed by atoms with Crippen LogP contribution in [-0.4, -0.2) is 22.9 Å². The van der Waals surface area contributed by atoms with Crippen molar-refractivity contribution in [2.45, 2.75) is 18.7 Å². The average Bonchev–Trinajstić information content (AvgIpc) is 2.47. The Balaban J connectivity index is 2.16. The summed E-state index contributed by atoms with van der Waals surface area (Å²) in [4.78, 5) is 12.9. The van der Waals surface area contributed by atoms with Gasteiger partial charge in [-0.3, -0.25) is 9.00 Å². The fourth-order valence-electron chi connectivity index (χ4n) is 2.13. The quantitative estimate of drug-likeness (QED) is 0.796. The van der Waals surface area contributed by atoms with Gasteiger partial charge in [-0.25, -0.2) is 0 Å². The second kappa shape index (κ2) is 6.68. The molecule has 2 rings (SSSR count). The van der Waals surface area contributed by atoms with Crippen LogP contribution < -0.4 is 4.74 Å². The lowest BCUT2D eigenvalue weighted by Gasteiger charge is -2.07. The fourth-order valence-corrected chi connectivity index (χ4v) is 3.33. The average molecular weight is 302 g/mol. The van der Waals surface area contributed by atoms with Crippen LogP contribution in [0.15, 0.2) is 47.4 Å². The predicted molar refractivity (Wildman–Crippen MR) is 84.5 cm³/mol. The number of methoxy groups -OCH3 is 1. The SMILES string of the molecule is COc1cccc(C(=O)CS(=O)c2ccc(C)cc2C)c1. The highest BCUT2D eigenvalue weighted by Gasteiger charge is 2.14. The number of carbonyl (C=O) groups is 1. The monoisotopic (exact) mass is 302 g/mol. The molecule has 0 aromatic heterocycles.